The van der Waals surface area contributed by atoms with Crippen LogP contribution >= 0.6 is 15.9 Å². The zero-order valence-electron chi connectivity index (χ0n) is 15.5. The van der Waals surface area contributed by atoms with Crippen LogP contribution in [0.25, 0.3) is 22.4 Å². The molecule has 1 aromatic carbocycles. The van der Waals surface area contributed by atoms with Crippen LogP contribution in [0, 0.1) is 11.3 Å². The highest BCUT2D eigenvalue weighted by Gasteiger charge is 2.36. The number of benzene rings is 1. The second-order valence-electron chi connectivity index (χ2n) is 6.50. The Hall–Kier alpha value is -3.19. The maximum absolute atomic E-state index is 13.6. The van der Waals surface area contributed by atoms with Gasteiger partial charge in [0, 0.05) is 33.5 Å². The van der Waals surface area contributed by atoms with Gasteiger partial charge in [0.1, 0.15) is 6.54 Å². The van der Waals surface area contributed by atoms with Crippen LogP contribution in [-0.4, -0.2) is 19.7 Å². The normalized spacial score (nSPS) is 11.7. The Morgan fingerprint density at radius 1 is 1.20 bits per heavy atom. The van der Waals surface area contributed by atoms with Crippen LogP contribution in [0.2, 0.25) is 0 Å². The molecule has 0 amide bonds. The Morgan fingerprint density at radius 3 is 2.67 bits per heavy atom. The molecule has 0 radical (unpaired) electrons. The quantitative estimate of drug-likeness (QED) is 0.397. The lowest BCUT2D eigenvalue weighted by Crippen LogP contribution is -2.09. The van der Waals surface area contributed by atoms with Gasteiger partial charge in [0.2, 0.25) is 11.8 Å². The third-order valence-corrected chi connectivity index (χ3v) is 5.08. The average molecular weight is 476 g/mol. The smallest absolute Gasteiger partial charge is 0.418 e. The van der Waals surface area contributed by atoms with Gasteiger partial charge in [-0.25, -0.2) is 0 Å². The third-order valence-electron chi connectivity index (χ3n) is 4.65. The summed E-state index contributed by atoms with van der Waals surface area (Å²) in [6.07, 6.45) is -0.963. The molecule has 4 aromatic rings. The van der Waals surface area contributed by atoms with E-state index in [1.165, 1.54) is 18.2 Å². The van der Waals surface area contributed by atoms with Gasteiger partial charge in [-0.2, -0.15) is 18.4 Å². The highest BCUT2D eigenvalue weighted by Crippen LogP contribution is 2.39. The molecule has 0 N–H and O–H groups in total. The molecule has 0 spiro atoms. The van der Waals surface area contributed by atoms with E-state index in [1.54, 1.807) is 29.1 Å². The Kier molecular flexibility index (Phi) is 5.07. The van der Waals surface area contributed by atoms with Crippen molar-refractivity contribution in [3.8, 4) is 17.5 Å². The minimum absolute atomic E-state index is 0.0191. The van der Waals surface area contributed by atoms with Crippen LogP contribution in [-0.2, 0) is 19.1 Å². The standard InChI is InChI=1S/C20H13BrF3N5O/c1-2-14-6-15-16(4-3-11(7-25)18(15)20(22,23)24)29(14)10-17-27-28-19(30-17)12-5-13(21)9-26-8-12/h3-6,8-9H,2,10H2,1H3. The number of nitrogens with zero attached hydrogens (tertiary/aromatic N) is 5. The average Bonchev–Trinajstić information content (AvgIpc) is 3.31. The van der Waals surface area contributed by atoms with E-state index in [9.17, 15) is 13.2 Å². The maximum atomic E-state index is 13.6. The lowest BCUT2D eigenvalue weighted by Gasteiger charge is -2.11. The van der Waals surface area contributed by atoms with E-state index in [2.05, 4.69) is 31.1 Å². The molecule has 0 bridgehead atoms. The highest BCUT2D eigenvalue weighted by atomic mass is 79.9. The molecule has 6 nitrogen and oxygen atoms in total. The van der Waals surface area contributed by atoms with Gasteiger partial charge in [0.15, 0.2) is 0 Å². The number of halogens is 4. The first-order valence-electron chi connectivity index (χ1n) is 8.87. The number of fused-ring (bicyclic) bond motifs is 1. The first-order chi connectivity index (χ1) is 14.3. The van der Waals surface area contributed by atoms with Gasteiger partial charge in [0.25, 0.3) is 0 Å². The van der Waals surface area contributed by atoms with Crippen LogP contribution in [0.15, 0.2) is 45.5 Å². The molecular weight excluding hydrogens is 463 g/mol. The fourth-order valence-corrected chi connectivity index (χ4v) is 3.73. The van der Waals surface area contributed by atoms with Crippen molar-refractivity contribution >= 4 is 26.8 Å². The zero-order valence-corrected chi connectivity index (χ0v) is 17.1. The minimum Gasteiger partial charge on any atom is -0.419 e. The summed E-state index contributed by atoms with van der Waals surface area (Å²) in [4.78, 5) is 4.05. The molecule has 4 rings (SSSR count). The summed E-state index contributed by atoms with van der Waals surface area (Å²) in [6.45, 7) is 1.94. The van der Waals surface area contributed by atoms with Crippen molar-refractivity contribution < 1.29 is 17.6 Å². The molecule has 10 heteroatoms. The number of pyridine rings is 1. The number of rotatable bonds is 4. The summed E-state index contributed by atoms with van der Waals surface area (Å²) in [5.74, 6) is 0.506. The Morgan fingerprint density at radius 2 is 2.00 bits per heavy atom. The van der Waals surface area contributed by atoms with E-state index >= 15 is 0 Å². The number of hydrogen-bond acceptors (Lipinski definition) is 5. The zero-order chi connectivity index (χ0) is 21.5. The molecule has 0 aliphatic rings. The van der Waals surface area contributed by atoms with E-state index < -0.39 is 17.3 Å². The first-order valence-corrected chi connectivity index (χ1v) is 9.66. The van der Waals surface area contributed by atoms with Crippen molar-refractivity contribution in [2.45, 2.75) is 26.1 Å². The summed E-state index contributed by atoms with van der Waals surface area (Å²) < 4.78 is 49.1. The van der Waals surface area contributed by atoms with Crippen LogP contribution in [0.4, 0.5) is 13.2 Å². The Balaban J connectivity index is 1.80. The van der Waals surface area contributed by atoms with E-state index in [1.807, 2.05) is 6.92 Å². The second kappa shape index (κ2) is 7.57. The first kappa shape index (κ1) is 20.1. The number of alkyl halides is 3. The lowest BCUT2D eigenvalue weighted by molar-refractivity contribution is -0.136. The van der Waals surface area contributed by atoms with Gasteiger partial charge in [-0.05, 0) is 46.6 Å². The van der Waals surface area contributed by atoms with Crippen LogP contribution in [0.1, 0.15) is 29.6 Å². The largest absolute Gasteiger partial charge is 0.419 e. The molecule has 3 aromatic heterocycles. The molecular formula is C20H13BrF3N5O. The van der Waals surface area contributed by atoms with Crippen molar-refractivity contribution in [2.75, 3.05) is 0 Å². The monoisotopic (exact) mass is 475 g/mol. The van der Waals surface area contributed by atoms with E-state index in [4.69, 9.17) is 9.68 Å². The summed E-state index contributed by atoms with van der Waals surface area (Å²) in [7, 11) is 0. The summed E-state index contributed by atoms with van der Waals surface area (Å²) in [6, 6.07) is 7.57. The fraction of sp³-hybridized carbons (Fsp3) is 0.200. The summed E-state index contributed by atoms with van der Waals surface area (Å²) in [5.41, 5.74) is 0.296. The van der Waals surface area contributed by atoms with E-state index in [0.717, 1.165) is 4.47 Å². The number of hydrogen-bond donors (Lipinski definition) is 0. The Labute approximate surface area is 177 Å². The molecule has 0 atom stereocenters. The van der Waals surface area contributed by atoms with Gasteiger partial charge in [-0.15, -0.1) is 10.2 Å². The van der Waals surface area contributed by atoms with Crippen molar-refractivity contribution in [2.24, 2.45) is 0 Å². The Bertz CT molecular complexity index is 1290. The fourth-order valence-electron chi connectivity index (χ4n) is 3.37. The topological polar surface area (TPSA) is 80.5 Å². The molecule has 152 valence electrons. The van der Waals surface area contributed by atoms with Gasteiger partial charge in [0.05, 0.1) is 22.8 Å². The van der Waals surface area contributed by atoms with Gasteiger partial charge < -0.3 is 8.98 Å². The summed E-state index contributed by atoms with van der Waals surface area (Å²) >= 11 is 3.32. The number of aromatic nitrogens is 4. The van der Waals surface area contributed by atoms with Crippen molar-refractivity contribution in [3.05, 3.63) is 63.8 Å². The molecule has 0 fully saturated rings. The lowest BCUT2D eigenvalue weighted by atomic mass is 10.0. The molecule has 0 aliphatic carbocycles. The van der Waals surface area contributed by atoms with Crippen molar-refractivity contribution in [3.63, 3.8) is 0 Å². The predicted octanol–water partition coefficient (Wildman–Crippen LogP) is 5.35. The molecule has 0 aliphatic heterocycles. The second-order valence-corrected chi connectivity index (χ2v) is 7.41. The molecule has 0 unspecified atom stereocenters. The van der Waals surface area contributed by atoms with Crippen LogP contribution in [0.3, 0.4) is 0 Å². The van der Waals surface area contributed by atoms with Gasteiger partial charge >= 0.3 is 6.18 Å². The summed E-state index contributed by atoms with van der Waals surface area (Å²) in [5, 5.41) is 17.2. The van der Waals surface area contributed by atoms with E-state index in [-0.39, 0.29) is 23.7 Å². The third kappa shape index (κ3) is 3.57. The molecule has 0 saturated heterocycles. The predicted molar refractivity (Wildman–Crippen MR) is 105 cm³/mol. The maximum Gasteiger partial charge on any atom is 0.418 e. The van der Waals surface area contributed by atoms with Crippen LogP contribution < -0.4 is 0 Å². The molecule has 3 heterocycles. The minimum atomic E-state index is -4.65. The van der Waals surface area contributed by atoms with Crippen LogP contribution in [0.5, 0.6) is 0 Å². The molecule has 0 saturated carbocycles. The van der Waals surface area contributed by atoms with E-state index in [0.29, 0.717) is 23.2 Å². The highest BCUT2D eigenvalue weighted by molar-refractivity contribution is 9.10. The van der Waals surface area contributed by atoms with Gasteiger partial charge in [-0.3, -0.25) is 4.98 Å². The number of nitriles is 1. The van der Waals surface area contributed by atoms with Crippen molar-refractivity contribution in [1.82, 2.24) is 19.7 Å². The SMILES string of the molecule is CCc1cc2c(C(F)(F)F)c(C#N)ccc2n1Cc1nnc(-c2cncc(Br)c2)o1. The van der Waals surface area contributed by atoms with Crippen molar-refractivity contribution in [1.29, 1.82) is 5.26 Å². The molecule has 30 heavy (non-hydrogen) atoms. The van der Waals surface area contributed by atoms with Gasteiger partial charge in [-0.1, -0.05) is 6.92 Å². The number of aryl methyl sites for hydroxylation is 1.